The fourth-order valence-electron chi connectivity index (χ4n) is 3.05. The van der Waals surface area contributed by atoms with Gasteiger partial charge in [-0.25, -0.2) is 4.98 Å². The lowest BCUT2D eigenvalue weighted by molar-refractivity contribution is -0.116. The first-order valence-corrected chi connectivity index (χ1v) is 8.72. The van der Waals surface area contributed by atoms with Crippen LogP contribution >= 0.6 is 0 Å². The van der Waals surface area contributed by atoms with Crippen molar-refractivity contribution in [1.29, 1.82) is 0 Å². The molecule has 1 aliphatic heterocycles. The first-order valence-electron chi connectivity index (χ1n) is 8.72. The van der Waals surface area contributed by atoms with E-state index in [1.165, 1.54) is 10.6 Å². The first kappa shape index (κ1) is 18.1. The predicted molar refractivity (Wildman–Crippen MR) is 101 cm³/mol. The summed E-state index contributed by atoms with van der Waals surface area (Å²) in [6.07, 6.45) is 0. The Hall–Kier alpha value is -2.67. The SMILES string of the molecule is Cc1ccc(NC(=O)Cn2c(N3CCOCC3)nc(C)cc2=O)c(C)c1. The van der Waals surface area contributed by atoms with Crippen molar-refractivity contribution >= 4 is 17.5 Å². The quantitative estimate of drug-likeness (QED) is 0.901. The van der Waals surface area contributed by atoms with Gasteiger partial charge in [0.15, 0.2) is 0 Å². The molecule has 1 aliphatic rings. The summed E-state index contributed by atoms with van der Waals surface area (Å²) in [6.45, 7) is 8.12. The van der Waals surface area contributed by atoms with Gasteiger partial charge >= 0.3 is 0 Å². The third kappa shape index (κ3) is 4.11. The van der Waals surface area contributed by atoms with E-state index >= 15 is 0 Å². The Balaban J connectivity index is 1.84. The standard InChI is InChI=1S/C19H24N4O3/c1-13-4-5-16(14(2)10-13)21-17(24)12-23-18(25)11-15(3)20-19(23)22-6-8-26-9-7-22/h4-5,10-11H,6-9,12H2,1-3H3,(H,21,24). The van der Waals surface area contributed by atoms with Gasteiger partial charge in [-0.1, -0.05) is 17.7 Å². The highest BCUT2D eigenvalue weighted by atomic mass is 16.5. The number of amides is 1. The number of rotatable bonds is 4. The van der Waals surface area contributed by atoms with Gasteiger partial charge in [0.1, 0.15) is 6.54 Å². The number of carbonyl (C=O) groups excluding carboxylic acids is 1. The van der Waals surface area contributed by atoms with Crippen molar-refractivity contribution in [3.05, 3.63) is 51.4 Å². The summed E-state index contributed by atoms with van der Waals surface area (Å²) < 4.78 is 6.80. The Labute approximate surface area is 152 Å². The zero-order valence-corrected chi connectivity index (χ0v) is 15.4. The second kappa shape index (κ2) is 7.70. The van der Waals surface area contributed by atoms with Crippen LogP contribution in [0.2, 0.25) is 0 Å². The molecule has 7 heteroatoms. The van der Waals surface area contributed by atoms with E-state index < -0.39 is 0 Å². The number of hydrogen-bond acceptors (Lipinski definition) is 5. The highest BCUT2D eigenvalue weighted by molar-refractivity contribution is 5.91. The van der Waals surface area contributed by atoms with E-state index in [1.807, 2.05) is 36.9 Å². The number of nitrogens with zero attached hydrogens (tertiary/aromatic N) is 3. The first-order chi connectivity index (χ1) is 12.4. The Kier molecular flexibility index (Phi) is 5.37. The van der Waals surface area contributed by atoms with E-state index in [1.54, 1.807) is 6.92 Å². The van der Waals surface area contributed by atoms with E-state index in [4.69, 9.17) is 4.74 Å². The van der Waals surface area contributed by atoms with Crippen LogP contribution in [0.15, 0.2) is 29.1 Å². The number of nitrogens with one attached hydrogen (secondary N) is 1. The van der Waals surface area contributed by atoms with Crippen molar-refractivity contribution in [1.82, 2.24) is 9.55 Å². The molecule has 0 unspecified atom stereocenters. The molecule has 0 atom stereocenters. The molecule has 1 amide bonds. The van der Waals surface area contributed by atoms with E-state index in [-0.39, 0.29) is 18.0 Å². The van der Waals surface area contributed by atoms with Crippen LogP contribution in [0, 0.1) is 20.8 Å². The van der Waals surface area contributed by atoms with E-state index in [2.05, 4.69) is 10.3 Å². The fourth-order valence-corrected chi connectivity index (χ4v) is 3.05. The minimum absolute atomic E-state index is 0.0773. The largest absolute Gasteiger partial charge is 0.378 e. The molecule has 1 N–H and O–H groups in total. The third-order valence-corrected chi connectivity index (χ3v) is 4.37. The summed E-state index contributed by atoms with van der Waals surface area (Å²) in [5.74, 6) is 0.272. The molecular formula is C19H24N4O3. The zero-order valence-electron chi connectivity index (χ0n) is 15.4. The molecule has 3 rings (SSSR count). The van der Waals surface area contributed by atoms with Crippen molar-refractivity contribution in [2.45, 2.75) is 27.3 Å². The van der Waals surface area contributed by atoms with Gasteiger partial charge in [0.2, 0.25) is 11.9 Å². The number of hydrogen-bond donors (Lipinski definition) is 1. The molecule has 0 bridgehead atoms. The molecule has 0 spiro atoms. The van der Waals surface area contributed by atoms with Gasteiger partial charge in [-0.05, 0) is 32.4 Å². The van der Waals surface area contributed by atoms with Crippen LogP contribution in [0.4, 0.5) is 11.6 Å². The summed E-state index contributed by atoms with van der Waals surface area (Å²) in [6, 6.07) is 7.28. The highest BCUT2D eigenvalue weighted by Crippen LogP contribution is 2.17. The Morgan fingerprint density at radius 1 is 1.19 bits per heavy atom. The molecule has 1 fully saturated rings. The normalized spacial score (nSPS) is 14.3. The zero-order chi connectivity index (χ0) is 18.7. The van der Waals surface area contributed by atoms with Gasteiger partial charge < -0.3 is 15.0 Å². The average molecular weight is 356 g/mol. The van der Waals surface area contributed by atoms with Gasteiger partial charge in [-0.2, -0.15) is 0 Å². The van der Waals surface area contributed by atoms with Crippen LogP contribution in [-0.4, -0.2) is 41.8 Å². The van der Waals surface area contributed by atoms with Crippen LogP contribution in [0.1, 0.15) is 16.8 Å². The molecule has 138 valence electrons. The Morgan fingerprint density at radius 2 is 1.92 bits per heavy atom. The van der Waals surface area contributed by atoms with Crippen molar-refractivity contribution in [3.63, 3.8) is 0 Å². The number of anilines is 2. The maximum absolute atomic E-state index is 12.5. The van der Waals surface area contributed by atoms with Gasteiger partial charge in [-0.3, -0.25) is 14.2 Å². The molecule has 1 saturated heterocycles. The second-order valence-corrected chi connectivity index (χ2v) is 6.59. The summed E-state index contributed by atoms with van der Waals surface area (Å²) in [4.78, 5) is 31.5. The molecular weight excluding hydrogens is 332 g/mol. The number of benzene rings is 1. The number of aryl methyl sites for hydroxylation is 3. The number of carbonyl (C=O) groups is 1. The van der Waals surface area contributed by atoms with Crippen LogP contribution in [0.25, 0.3) is 0 Å². The Bertz CT molecular complexity index is 870. The van der Waals surface area contributed by atoms with Crippen LogP contribution in [0.3, 0.4) is 0 Å². The summed E-state index contributed by atoms with van der Waals surface area (Å²) in [5.41, 5.74) is 3.29. The number of aromatic nitrogens is 2. The molecule has 26 heavy (non-hydrogen) atoms. The fraction of sp³-hybridized carbons (Fsp3) is 0.421. The average Bonchev–Trinajstić information content (AvgIpc) is 2.60. The van der Waals surface area contributed by atoms with Gasteiger partial charge in [0.05, 0.1) is 13.2 Å². The Morgan fingerprint density at radius 3 is 2.62 bits per heavy atom. The topological polar surface area (TPSA) is 76.5 Å². The van der Waals surface area contributed by atoms with Crippen molar-refractivity contribution in [2.75, 3.05) is 36.5 Å². The van der Waals surface area contributed by atoms with Gasteiger partial charge in [0.25, 0.3) is 5.56 Å². The summed E-state index contributed by atoms with van der Waals surface area (Å²) in [5, 5.41) is 2.89. The monoisotopic (exact) mass is 356 g/mol. The minimum Gasteiger partial charge on any atom is -0.378 e. The van der Waals surface area contributed by atoms with Gasteiger partial charge in [-0.15, -0.1) is 0 Å². The van der Waals surface area contributed by atoms with E-state index in [9.17, 15) is 9.59 Å². The number of morpholine rings is 1. The molecule has 7 nitrogen and oxygen atoms in total. The number of ether oxygens (including phenoxy) is 1. The van der Waals surface area contributed by atoms with Crippen LogP contribution in [0.5, 0.6) is 0 Å². The lowest BCUT2D eigenvalue weighted by Gasteiger charge is -2.29. The molecule has 2 heterocycles. The molecule has 1 aromatic heterocycles. The minimum atomic E-state index is -0.251. The predicted octanol–water partition coefficient (Wildman–Crippen LogP) is 1.64. The lowest BCUT2D eigenvalue weighted by atomic mass is 10.1. The lowest BCUT2D eigenvalue weighted by Crippen LogP contribution is -2.41. The van der Waals surface area contributed by atoms with Crippen LogP contribution < -0.4 is 15.8 Å². The van der Waals surface area contributed by atoms with E-state index in [0.29, 0.717) is 37.9 Å². The summed E-state index contributed by atoms with van der Waals surface area (Å²) >= 11 is 0. The van der Waals surface area contributed by atoms with Crippen molar-refractivity contribution in [3.8, 4) is 0 Å². The maximum atomic E-state index is 12.5. The van der Waals surface area contributed by atoms with E-state index in [0.717, 1.165) is 16.8 Å². The van der Waals surface area contributed by atoms with Crippen molar-refractivity contribution < 1.29 is 9.53 Å². The smallest absolute Gasteiger partial charge is 0.255 e. The van der Waals surface area contributed by atoms with Crippen LogP contribution in [-0.2, 0) is 16.1 Å². The highest BCUT2D eigenvalue weighted by Gasteiger charge is 2.19. The molecule has 1 aromatic carbocycles. The summed E-state index contributed by atoms with van der Waals surface area (Å²) in [7, 11) is 0. The second-order valence-electron chi connectivity index (χ2n) is 6.59. The van der Waals surface area contributed by atoms with Gasteiger partial charge in [0, 0.05) is 30.5 Å². The molecule has 0 saturated carbocycles. The molecule has 2 aromatic rings. The maximum Gasteiger partial charge on any atom is 0.255 e. The third-order valence-electron chi connectivity index (χ3n) is 4.37. The molecule has 0 aliphatic carbocycles. The molecule has 0 radical (unpaired) electrons. The van der Waals surface area contributed by atoms with Crippen molar-refractivity contribution in [2.24, 2.45) is 0 Å².